The van der Waals surface area contributed by atoms with E-state index in [0.717, 1.165) is 12.8 Å². The van der Waals surface area contributed by atoms with Crippen LogP contribution in [0, 0.1) is 16.7 Å². The van der Waals surface area contributed by atoms with Crippen LogP contribution in [0.25, 0.3) is 0 Å². The second-order valence-electron chi connectivity index (χ2n) is 6.16. The molecule has 0 aromatic carbocycles. The van der Waals surface area contributed by atoms with Gasteiger partial charge in [0.1, 0.15) is 17.4 Å². The average Bonchev–Trinajstić information content (AvgIpc) is 3.33. The van der Waals surface area contributed by atoms with Crippen molar-refractivity contribution in [2.24, 2.45) is 5.41 Å². The summed E-state index contributed by atoms with van der Waals surface area (Å²) >= 11 is 0. The van der Waals surface area contributed by atoms with E-state index in [4.69, 9.17) is 10.00 Å². The fourth-order valence-corrected chi connectivity index (χ4v) is 3.53. The molecule has 0 spiro atoms. The molecule has 2 heterocycles. The summed E-state index contributed by atoms with van der Waals surface area (Å²) in [5.74, 6) is 0.657. The predicted molar refractivity (Wildman–Crippen MR) is 84.6 cm³/mol. The Morgan fingerprint density at radius 1 is 1.46 bits per heavy atom. The van der Waals surface area contributed by atoms with Gasteiger partial charge in [0.15, 0.2) is 0 Å². The number of rotatable bonds is 8. The van der Waals surface area contributed by atoms with Crippen LogP contribution in [0.1, 0.15) is 12.8 Å². The second kappa shape index (κ2) is 6.63. The summed E-state index contributed by atoms with van der Waals surface area (Å²) in [6.45, 7) is 0.956. The SMILES string of the molecule is N#CC1(CNS(=O)(=O)c2ccc(N3CC(OCCF)C3)nc2)CC1. The first-order chi connectivity index (χ1) is 11.5. The maximum atomic E-state index is 12.2. The lowest BCUT2D eigenvalue weighted by Gasteiger charge is -2.39. The fourth-order valence-electron chi connectivity index (χ4n) is 2.46. The molecule has 2 fully saturated rings. The fraction of sp³-hybridized carbons (Fsp3) is 0.600. The molecule has 1 aliphatic carbocycles. The Hall–Kier alpha value is -1.76. The number of pyridine rings is 1. The first-order valence-electron chi connectivity index (χ1n) is 7.77. The van der Waals surface area contributed by atoms with Crippen LogP contribution in [0.15, 0.2) is 23.2 Å². The summed E-state index contributed by atoms with van der Waals surface area (Å²) in [5.41, 5.74) is -0.535. The van der Waals surface area contributed by atoms with Crippen molar-refractivity contribution in [3.63, 3.8) is 0 Å². The van der Waals surface area contributed by atoms with E-state index in [2.05, 4.69) is 15.8 Å². The van der Waals surface area contributed by atoms with Crippen LogP contribution < -0.4 is 9.62 Å². The number of anilines is 1. The lowest BCUT2D eigenvalue weighted by atomic mass is 10.1. The van der Waals surface area contributed by atoms with Gasteiger partial charge in [0.2, 0.25) is 10.0 Å². The molecule has 9 heteroatoms. The summed E-state index contributed by atoms with van der Waals surface area (Å²) < 4.78 is 44.2. The Bertz CT molecular complexity index is 722. The molecule has 1 N–H and O–H groups in total. The molecular weight excluding hydrogens is 335 g/mol. The van der Waals surface area contributed by atoms with Crippen molar-refractivity contribution in [2.45, 2.75) is 23.8 Å². The molecule has 24 heavy (non-hydrogen) atoms. The smallest absolute Gasteiger partial charge is 0.242 e. The van der Waals surface area contributed by atoms with Crippen LogP contribution in [-0.4, -0.2) is 52.4 Å². The van der Waals surface area contributed by atoms with Crippen molar-refractivity contribution in [1.82, 2.24) is 9.71 Å². The van der Waals surface area contributed by atoms with Crippen molar-refractivity contribution in [3.8, 4) is 6.07 Å². The number of hydrogen-bond acceptors (Lipinski definition) is 6. The highest BCUT2D eigenvalue weighted by Gasteiger charge is 2.43. The van der Waals surface area contributed by atoms with Crippen LogP contribution in [0.4, 0.5) is 10.2 Å². The molecule has 0 radical (unpaired) electrons. The van der Waals surface area contributed by atoms with Crippen LogP contribution in [0.3, 0.4) is 0 Å². The lowest BCUT2D eigenvalue weighted by molar-refractivity contribution is 0.0265. The Morgan fingerprint density at radius 3 is 2.75 bits per heavy atom. The standard InChI is InChI=1S/C15H19FN4O3S/c16-5-6-23-12-8-20(9-12)14-2-1-13(7-18-14)24(21,22)19-11-15(10-17)3-4-15/h1-2,7,12,19H,3-6,8-9,11H2. The van der Waals surface area contributed by atoms with Gasteiger partial charge in [-0.15, -0.1) is 0 Å². The number of nitriles is 1. The number of aromatic nitrogens is 1. The lowest BCUT2D eigenvalue weighted by Crippen LogP contribution is -2.52. The minimum Gasteiger partial charge on any atom is -0.372 e. The van der Waals surface area contributed by atoms with Gasteiger partial charge in [-0.25, -0.2) is 22.5 Å². The van der Waals surface area contributed by atoms with Gasteiger partial charge in [-0.3, -0.25) is 0 Å². The van der Waals surface area contributed by atoms with Crippen LogP contribution >= 0.6 is 0 Å². The van der Waals surface area contributed by atoms with E-state index in [1.54, 1.807) is 6.07 Å². The first-order valence-corrected chi connectivity index (χ1v) is 9.26. The number of halogens is 1. The number of sulfonamides is 1. The van der Waals surface area contributed by atoms with Crippen molar-refractivity contribution >= 4 is 15.8 Å². The van der Waals surface area contributed by atoms with E-state index in [-0.39, 0.29) is 24.2 Å². The molecule has 0 bridgehead atoms. The number of nitrogens with zero attached hydrogens (tertiary/aromatic N) is 3. The summed E-state index contributed by atoms with van der Waals surface area (Å²) in [6, 6.07) is 5.28. The maximum Gasteiger partial charge on any atom is 0.242 e. The zero-order valence-electron chi connectivity index (χ0n) is 13.1. The maximum absolute atomic E-state index is 12.2. The molecule has 0 unspecified atom stereocenters. The number of nitrogens with one attached hydrogen (secondary N) is 1. The van der Waals surface area contributed by atoms with Gasteiger partial charge in [-0.05, 0) is 25.0 Å². The Morgan fingerprint density at radius 2 is 2.21 bits per heavy atom. The van der Waals surface area contributed by atoms with Crippen LogP contribution in [-0.2, 0) is 14.8 Å². The van der Waals surface area contributed by atoms with E-state index in [9.17, 15) is 12.8 Å². The topological polar surface area (TPSA) is 95.3 Å². The Kier molecular flexibility index (Phi) is 4.71. The normalized spacial score (nSPS) is 19.6. The van der Waals surface area contributed by atoms with Crippen LogP contribution in [0.5, 0.6) is 0 Å². The number of ether oxygens (including phenoxy) is 1. The molecule has 130 valence electrons. The number of hydrogen-bond donors (Lipinski definition) is 1. The molecule has 0 atom stereocenters. The van der Waals surface area contributed by atoms with Gasteiger partial charge in [0.25, 0.3) is 0 Å². The van der Waals surface area contributed by atoms with E-state index in [1.165, 1.54) is 12.3 Å². The number of alkyl halides is 1. The molecule has 1 saturated heterocycles. The zero-order chi connectivity index (χ0) is 17.2. The molecule has 2 aliphatic rings. The Labute approximate surface area is 140 Å². The minimum atomic E-state index is -3.67. The summed E-state index contributed by atoms with van der Waals surface area (Å²) in [5, 5.41) is 9.00. The second-order valence-corrected chi connectivity index (χ2v) is 7.92. The van der Waals surface area contributed by atoms with Gasteiger partial charge >= 0.3 is 0 Å². The highest BCUT2D eigenvalue weighted by atomic mass is 32.2. The van der Waals surface area contributed by atoms with Gasteiger partial charge in [-0.1, -0.05) is 0 Å². The van der Waals surface area contributed by atoms with E-state index < -0.39 is 22.1 Å². The monoisotopic (exact) mass is 354 g/mol. The molecule has 7 nitrogen and oxygen atoms in total. The third-order valence-electron chi connectivity index (χ3n) is 4.33. The molecule has 1 aromatic heterocycles. The Balaban J connectivity index is 1.55. The molecule has 0 amide bonds. The molecule has 1 saturated carbocycles. The van der Waals surface area contributed by atoms with Crippen molar-refractivity contribution < 1.29 is 17.5 Å². The van der Waals surface area contributed by atoms with E-state index in [0.29, 0.717) is 18.9 Å². The van der Waals surface area contributed by atoms with Gasteiger partial charge in [-0.2, -0.15) is 5.26 Å². The van der Waals surface area contributed by atoms with Crippen molar-refractivity contribution in [3.05, 3.63) is 18.3 Å². The van der Waals surface area contributed by atoms with Crippen molar-refractivity contribution in [1.29, 1.82) is 5.26 Å². The van der Waals surface area contributed by atoms with Gasteiger partial charge in [0, 0.05) is 25.8 Å². The van der Waals surface area contributed by atoms with E-state index >= 15 is 0 Å². The highest BCUT2D eigenvalue weighted by Crippen LogP contribution is 2.44. The molecular formula is C15H19FN4O3S. The molecule has 3 rings (SSSR count). The van der Waals surface area contributed by atoms with E-state index in [1.807, 2.05) is 4.90 Å². The predicted octanol–water partition coefficient (Wildman–Crippen LogP) is 0.838. The van der Waals surface area contributed by atoms with Gasteiger partial charge < -0.3 is 9.64 Å². The minimum absolute atomic E-state index is 0.00617. The van der Waals surface area contributed by atoms with Crippen LogP contribution in [0.2, 0.25) is 0 Å². The summed E-state index contributed by atoms with van der Waals surface area (Å²) in [6.07, 6.45) is 2.75. The first kappa shape index (κ1) is 17.1. The van der Waals surface area contributed by atoms with Gasteiger partial charge in [0.05, 0.1) is 24.2 Å². The quantitative estimate of drug-likeness (QED) is 0.743. The average molecular weight is 354 g/mol. The molecule has 1 aromatic rings. The third-order valence-corrected chi connectivity index (χ3v) is 5.71. The van der Waals surface area contributed by atoms with Crippen molar-refractivity contribution in [2.75, 3.05) is 37.8 Å². The highest BCUT2D eigenvalue weighted by molar-refractivity contribution is 7.89. The zero-order valence-corrected chi connectivity index (χ0v) is 13.9. The summed E-state index contributed by atoms with van der Waals surface area (Å²) in [4.78, 5) is 6.18. The molecule has 1 aliphatic heterocycles. The summed E-state index contributed by atoms with van der Waals surface area (Å²) in [7, 11) is -3.67. The third kappa shape index (κ3) is 3.66. The largest absolute Gasteiger partial charge is 0.372 e.